The largest absolute Gasteiger partial charge is 0.396 e. The van der Waals surface area contributed by atoms with Crippen LogP contribution >= 0.6 is 0 Å². The predicted molar refractivity (Wildman–Crippen MR) is 24.7 cm³/mol. The molecule has 0 atom stereocenters. The van der Waals surface area contributed by atoms with Crippen LogP contribution in [0.4, 0.5) is 4.39 Å². The SMILES string of the molecule is OCC1(CF)CC1. The minimum atomic E-state index is -0.344. The molecule has 1 nitrogen and oxygen atoms in total. The molecular weight excluding hydrogens is 95.1 g/mol. The van der Waals surface area contributed by atoms with Gasteiger partial charge in [-0.05, 0) is 12.8 Å². The quantitative estimate of drug-likeness (QED) is 0.547. The predicted octanol–water partition coefficient (Wildman–Crippen LogP) is 0.728. The van der Waals surface area contributed by atoms with Crippen molar-refractivity contribution in [3.8, 4) is 0 Å². The Hall–Kier alpha value is -0.110. The molecule has 0 spiro atoms. The second-order valence-electron chi connectivity index (χ2n) is 2.29. The Labute approximate surface area is 42.2 Å². The van der Waals surface area contributed by atoms with Crippen LogP contribution in [0.3, 0.4) is 0 Å². The fourth-order valence-corrected chi connectivity index (χ4v) is 0.511. The molecule has 0 bridgehead atoms. The number of aliphatic hydroxyl groups excluding tert-OH is 1. The van der Waals surface area contributed by atoms with Gasteiger partial charge < -0.3 is 5.11 Å². The van der Waals surface area contributed by atoms with Gasteiger partial charge in [-0.25, -0.2) is 0 Å². The van der Waals surface area contributed by atoms with Crippen LogP contribution in [-0.2, 0) is 0 Å². The molecule has 0 saturated heterocycles. The number of rotatable bonds is 2. The normalized spacial score (nSPS) is 24.9. The van der Waals surface area contributed by atoms with Crippen LogP contribution in [0.1, 0.15) is 12.8 Å². The third kappa shape index (κ3) is 0.752. The molecule has 0 unspecified atom stereocenters. The molecule has 42 valence electrons. The van der Waals surface area contributed by atoms with E-state index in [1.165, 1.54) is 0 Å². The monoisotopic (exact) mass is 104 g/mol. The number of halogens is 1. The summed E-state index contributed by atoms with van der Waals surface area (Å²) in [4.78, 5) is 0. The molecule has 0 aromatic carbocycles. The van der Waals surface area contributed by atoms with E-state index in [4.69, 9.17) is 5.11 Å². The van der Waals surface area contributed by atoms with E-state index >= 15 is 0 Å². The van der Waals surface area contributed by atoms with E-state index in [-0.39, 0.29) is 18.7 Å². The maximum Gasteiger partial charge on any atom is 0.0972 e. The van der Waals surface area contributed by atoms with Gasteiger partial charge in [0.25, 0.3) is 0 Å². The van der Waals surface area contributed by atoms with Gasteiger partial charge in [-0.3, -0.25) is 4.39 Å². The molecular formula is C5H9FO. The summed E-state index contributed by atoms with van der Waals surface area (Å²) in [6.07, 6.45) is 1.75. The summed E-state index contributed by atoms with van der Waals surface area (Å²) in [5, 5.41) is 8.42. The Bertz CT molecular complexity index is 62.5. The summed E-state index contributed by atoms with van der Waals surface area (Å²) in [5.74, 6) is 0. The van der Waals surface area contributed by atoms with Crippen LogP contribution in [0.2, 0.25) is 0 Å². The average molecular weight is 104 g/mol. The van der Waals surface area contributed by atoms with Crippen molar-refractivity contribution in [2.24, 2.45) is 5.41 Å². The fourth-order valence-electron chi connectivity index (χ4n) is 0.511. The molecule has 0 aliphatic heterocycles. The number of alkyl halides is 1. The summed E-state index contributed by atoms with van der Waals surface area (Å²) in [5.41, 5.74) is -0.278. The molecule has 1 rings (SSSR count). The molecule has 1 saturated carbocycles. The Morgan fingerprint density at radius 3 is 2.14 bits per heavy atom. The average Bonchev–Trinajstić information content (AvgIpc) is 2.46. The van der Waals surface area contributed by atoms with E-state index in [1.54, 1.807) is 0 Å². The van der Waals surface area contributed by atoms with Gasteiger partial charge in [0.1, 0.15) is 0 Å². The first kappa shape index (κ1) is 5.04. The summed E-state index contributed by atoms with van der Waals surface area (Å²) >= 11 is 0. The zero-order chi connectivity index (χ0) is 5.33. The lowest BCUT2D eigenvalue weighted by Gasteiger charge is -2.00. The maximum absolute atomic E-state index is 11.7. The van der Waals surface area contributed by atoms with Crippen molar-refractivity contribution < 1.29 is 9.50 Å². The van der Waals surface area contributed by atoms with E-state index < -0.39 is 0 Å². The first-order valence-corrected chi connectivity index (χ1v) is 2.50. The van der Waals surface area contributed by atoms with Gasteiger partial charge in [-0.1, -0.05) is 0 Å². The molecule has 2 heteroatoms. The van der Waals surface area contributed by atoms with Crippen molar-refractivity contribution in [3.05, 3.63) is 0 Å². The highest BCUT2D eigenvalue weighted by Gasteiger charge is 2.41. The Morgan fingerprint density at radius 2 is 2.14 bits per heavy atom. The van der Waals surface area contributed by atoms with Crippen LogP contribution in [0.25, 0.3) is 0 Å². The maximum atomic E-state index is 11.7. The van der Waals surface area contributed by atoms with Crippen LogP contribution in [-0.4, -0.2) is 18.4 Å². The number of aliphatic hydroxyl groups is 1. The van der Waals surface area contributed by atoms with Crippen LogP contribution in [0.15, 0.2) is 0 Å². The van der Waals surface area contributed by atoms with E-state index in [2.05, 4.69) is 0 Å². The molecule has 7 heavy (non-hydrogen) atoms. The molecule has 0 radical (unpaired) electrons. The van der Waals surface area contributed by atoms with Crippen molar-refractivity contribution in [3.63, 3.8) is 0 Å². The molecule has 0 aromatic heterocycles. The molecule has 0 amide bonds. The topological polar surface area (TPSA) is 20.2 Å². The molecule has 1 N–H and O–H groups in total. The minimum absolute atomic E-state index is 0.0312. The smallest absolute Gasteiger partial charge is 0.0972 e. The minimum Gasteiger partial charge on any atom is -0.396 e. The van der Waals surface area contributed by atoms with Crippen LogP contribution in [0, 0.1) is 5.41 Å². The molecule has 1 aliphatic carbocycles. The number of hydrogen-bond donors (Lipinski definition) is 1. The van der Waals surface area contributed by atoms with Crippen LogP contribution < -0.4 is 0 Å². The lowest BCUT2D eigenvalue weighted by Crippen LogP contribution is -2.07. The second kappa shape index (κ2) is 1.44. The fraction of sp³-hybridized carbons (Fsp3) is 1.00. The molecule has 0 heterocycles. The van der Waals surface area contributed by atoms with Crippen molar-refractivity contribution in [1.29, 1.82) is 0 Å². The number of hydrogen-bond acceptors (Lipinski definition) is 1. The van der Waals surface area contributed by atoms with E-state index in [0.717, 1.165) is 12.8 Å². The third-order valence-corrected chi connectivity index (χ3v) is 1.58. The van der Waals surface area contributed by atoms with Crippen LogP contribution in [0.5, 0.6) is 0 Å². The third-order valence-electron chi connectivity index (χ3n) is 1.58. The molecule has 1 aliphatic rings. The highest BCUT2D eigenvalue weighted by Crippen LogP contribution is 2.45. The summed E-state index contributed by atoms with van der Waals surface area (Å²) in [6.45, 7) is -0.312. The molecule has 0 aromatic rings. The second-order valence-corrected chi connectivity index (χ2v) is 2.29. The highest BCUT2D eigenvalue weighted by atomic mass is 19.1. The summed E-state index contributed by atoms with van der Waals surface area (Å²) in [7, 11) is 0. The lowest BCUT2D eigenvalue weighted by molar-refractivity contribution is 0.181. The van der Waals surface area contributed by atoms with E-state index in [1.807, 2.05) is 0 Å². The van der Waals surface area contributed by atoms with E-state index in [0.29, 0.717) is 0 Å². The van der Waals surface area contributed by atoms with Gasteiger partial charge in [-0.2, -0.15) is 0 Å². The van der Waals surface area contributed by atoms with Gasteiger partial charge in [-0.15, -0.1) is 0 Å². The van der Waals surface area contributed by atoms with Crippen molar-refractivity contribution in [1.82, 2.24) is 0 Å². The highest BCUT2D eigenvalue weighted by molar-refractivity contribution is 4.91. The van der Waals surface area contributed by atoms with Crippen molar-refractivity contribution >= 4 is 0 Å². The first-order valence-electron chi connectivity index (χ1n) is 2.50. The summed E-state index contributed by atoms with van der Waals surface area (Å²) < 4.78 is 11.7. The standard InChI is InChI=1S/C5H9FO/c6-3-5(4-7)1-2-5/h7H,1-4H2. The van der Waals surface area contributed by atoms with Gasteiger partial charge >= 0.3 is 0 Å². The van der Waals surface area contributed by atoms with Crippen molar-refractivity contribution in [2.45, 2.75) is 12.8 Å². The van der Waals surface area contributed by atoms with Gasteiger partial charge in [0, 0.05) is 5.41 Å². The Balaban J connectivity index is 2.28. The molecule has 1 fully saturated rings. The van der Waals surface area contributed by atoms with Gasteiger partial charge in [0.05, 0.1) is 13.3 Å². The van der Waals surface area contributed by atoms with Gasteiger partial charge in [0.15, 0.2) is 0 Å². The Morgan fingerprint density at radius 1 is 1.57 bits per heavy atom. The lowest BCUT2D eigenvalue weighted by atomic mass is 10.2. The van der Waals surface area contributed by atoms with E-state index in [9.17, 15) is 4.39 Å². The summed E-state index contributed by atoms with van der Waals surface area (Å²) in [6, 6.07) is 0. The first-order chi connectivity index (χ1) is 3.33. The van der Waals surface area contributed by atoms with Crippen molar-refractivity contribution in [2.75, 3.05) is 13.3 Å². The van der Waals surface area contributed by atoms with Gasteiger partial charge in [0.2, 0.25) is 0 Å². The zero-order valence-corrected chi connectivity index (χ0v) is 4.15. The Kier molecular flexibility index (Phi) is 1.04. The zero-order valence-electron chi connectivity index (χ0n) is 4.15.